The summed E-state index contributed by atoms with van der Waals surface area (Å²) < 4.78 is 24.5. The molecule has 0 saturated carbocycles. The number of aliphatic carboxylic acids is 1. The number of rotatable bonds is 17. The highest BCUT2D eigenvalue weighted by atomic mass is 35.5. The van der Waals surface area contributed by atoms with Gasteiger partial charge in [-0.05, 0) is 78.2 Å². The number of methoxy groups -OCH3 is 1. The predicted octanol–water partition coefficient (Wildman–Crippen LogP) is 9.78. The number of carbonyl (C=O) groups is 1. The predicted molar refractivity (Wildman–Crippen MR) is 248 cm³/mol. The number of benzene rings is 4. The summed E-state index contributed by atoms with van der Waals surface area (Å²) in [5.41, 5.74) is 5.26. The Balaban J connectivity index is 1.07. The Morgan fingerprint density at radius 3 is 2.35 bits per heavy atom. The lowest BCUT2D eigenvalue weighted by Gasteiger charge is -2.33. The van der Waals surface area contributed by atoms with E-state index in [0.29, 0.717) is 61.2 Å². The zero-order valence-electron chi connectivity index (χ0n) is 35.1. The molecule has 1 saturated heterocycles. The van der Waals surface area contributed by atoms with Crippen molar-refractivity contribution in [2.75, 3.05) is 53.0 Å². The number of hydrogen-bond donors (Lipinski definition) is 1. The highest BCUT2D eigenvalue weighted by molar-refractivity contribution is 7.22. The summed E-state index contributed by atoms with van der Waals surface area (Å²) in [6.45, 7) is 10.8. The van der Waals surface area contributed by atoms with Crippen LogP contribution in [0.25, 0.3) is 43.2 Å². The molecule has 0 spiro atoms. The summed E-state index contributed by atoms with van der Waals surface area (Å²) in [4.78, 5) is 37.7. The van der Waals surface area contributed by atoms with E-state index in [9.17, 15) is 9.90 Å². The van der Waals surface area contributed by atoms with E-state index in [1.54, 1.807) is 25.4 Å². The third kappa shape index (κ3) is 10.0. The Bertz CT molecular complexity index is 2710. The fourth-order valence-corrected chi connectivity index (χ4v) is 9.13. The minimum absolute atomic E-state index is 0.0259. The van der Waals surface area contributed by atoms with Crippen LogP contribution in [0.3, 0.4) is 0 Å². The van der Waals surface area contributed by atoms with Gasteiger partial charge < -0.3 is 29.0 Å². The number of likely N-dealkylation sites (N-methyl/N-ethyl adjacent to an activating group) is 1. The molecule has 324 valence electrons. The van der Waals surface area contributed by atoms with Crippen molar-refractivity contribution in [2.45, 2.75) is 33.0 Å². The molecule has 3 aromatic heterocycles. The zero-order chi connectivity index (χ0) is 43.9. The number of para-hydroxylation sites is 2. The van der Waals surface area contributed by atoms with Gasteiger partial charge in [0.2, 0.25) is 12.0 Å². The number of ether oxygens (including phenoxy) is 4. The van der Waals surface area contributed by atoms with Crippen molar-refractivity contribution in [3.05, 3.63) is 130 Å². The summed E-state index contributed by atoms with van der Waals surface area (Å²) in [5.74, 6) is 1.19. The molecule has 8 rings (SSSR count). The van der Waals surface area contributed by atoms with Crippen LogP contribution in [-0.2, 0) is 17.8 Å². The summed E-state index contributed by atoms with van der Waals surface area (Å²) in [6.07, 6.45) is 1.69. The Labute approximate surface area is 380 Å². The number of fused-ring (bicyclic) bond motifs is 1. The Kier molecular flexibility index (Phi) is 14.0. The van der Waals surface area contributed by atoms with Crippen molar-refractivity contribution in [2.24, 2.45) is 0 Å². The number of piperazine rings is 1. The topological polar surface area (TPSA) is 132 Å². The van der Waals surface area contributed by atoms with Gasteiger partial charge in [0.05, 0.1) is 28.8 Å². The monoisotopic (exact) mass is 904 g/mol. The molecule has 0 bridgehead atoms. The molecule has 1 atom stereocenters. The van der Waals surface area contributed by atoms with Gasteiger partial charge in [-0.3, -0.25) is 4.90 Å². The third-order valence-corrected chi connectivity index (χ3v) is 13.0. The molecule has 1 fully saturated rings. The van der Waals surface area contributed by atoms with Gasteiger partial charge in [0, 0.05) is 60.8 Å². The molecule has 7 aromatic rings. The van der Waals surface area contributed by atoms with Gasteiger partial charge >= 0.3 is 5.97 Å². The summed E-state index contributed by atoms with van der Waals surface area (Å²) in [7, 11) is 1.60. The number of carboxylic acids is 1. The summed E-state index contributed by atoms with van der Waals surface area (Å²) >= 11 is 14.9. The SMILES string of the molecule is CCN1CCN(CCOc2ccc(-c3c(-c4ccc(Cl)cc4)sc4ncnc(OC(Cc5ccccc5OCc5ccnc(-c6ccccc6OC)n5)C(=O)O)c34)c(C)c2Cl)CC1. The lowest BCUT2D eigenvalue weighted by atomic mass is 9.96. The number of hydrogen-bond acceptors (Lipinski definition) is 12. The Morgan fingerprint density at radius 2 is 1.59 bits per heavy atom. The molecule has 0 aliphatic carbocycles. The number of thiophene rings is 1. The van der Waals surface area contributed by atoms with Gasteiger partial charge in [0.15, 0.2) is 5.82 Å². The zero-order valence-corrected chi connectivity index (χ0v) is 37.4. The van der Waals surface area contributed by atoms with E-state index in [-0.39, 0.29) is 18.9 Å². The van der Waals surface area contributed by atoms with Crippen LogP contribution < -0.4 is 18.9 Å². The first-order chi connectivity index (χ1) is 30.7. The molecule has 0 amide bonds. The smallest absolute Gasteiger partial charge is 0.345 e. The van der Waals surface area contributed by atoms with Gasteiger partial charge in [-0.1, -0.05) is 78.7 Å². The molecule has 4 heterocycles. The maximum atomic E-state index is 13.0. The van der Waals surface area contributed by atoms with E-state index in [1.807, 2.05) is 85.8 Å². The maximum absolute atomic E-state index is 13.0. The lowest BCUT2D eigenvalue weighted by Crippen LogP contribution is -2.47. The highest BCUT2D eigenvalue weighted by Gasteiger charge is 2.28. The minimum atomic E-state index is -1.35. The van der Waals surface area contributed by atoms with Gasteiger partial charge in [-0.2, -0.15) is 0 Å². The summed E-state index contributed by atoms with van der Waals surface area (Å²) in [6, 6.07) is 28.0. The van der Waals surface area contributed by atoms with Crippen LogP contribution in [0.2, 0.25) is 10.0 Å². The molecule has 0 radical (unpaired) electrons. The normalized spacial score (nSPS) is 13.8. The van der Waals surface area contributed by atoms with E-state index < -0.39 is 12.1 Å². The van der Waals surface area contributed by atoms with Crippen molar-refractivity contribution < 1.29 is 28.8 Å². The van der Waals surface area contributed by atoms with Crippen molar-refractivity contribution in [1.82, 2.24) is 29.7 Å². The fourth-order valence-electron chi connectivity index (χ4n) is 7.63. The molecule has 12 nitrogen and oxygen atoms in total. The van der Waals surface area contributed by atoms with Gasteiger partial charge in [-0.25, -0.2) is 24.7 Å². The average molecular weight is 906 g/mol. The van der Waals surface area contributed by atoms with E-state index >= 15 is 0 Å². The summed E-state index contributed by atoms with van der Waals surface area (Å²) in [5, 5.41) is 12.3. The quantitative estimate of drug-likeness (QED) is 0.0933. The standard InChI is InChI=1S/C48H46Cl2N6O6S/c1-4-55-21-23-56(24-22-55)25-26-60-39-18-17-35(30(2)43(39)50)41-42-46(52-29-53-47(42)63-44(41)31-13-15-33(49)16-14-31)62-40(48(57)58)27-32-9-5-7-11-37(32)61-28-34-19-20-51-45(54-34)36-10-6-8-12-38(36)59-3/h5-20,29,40H,4,21-28H2,1-3H3,(H,57,58). The molecule has 4 aromatic carbocycles. The first-order valence-electron chi connectivity index (χ1n) is 20.7. The first-order valence-corrected chi connectivity index (χ1v) is 22.2. The van der Waals surface area contributed by atoms with Gasteiger partial charge in [0.25, 0.3) is 0 Å². The highest BCUT2D eigenvalue weighted by Crippen LogP contribution is 2.49. The van der Waals surface area contributed by atoms with Crippen LogP contribution in [-0.4, -0.2) is 99.9 Å². The van der Waals surface area contributed by atoms with Gasteiger partial charge in [0.1, 0.15) is 41.6 Å². The fraction of sp³-hybridized carbons (Fsp3) is 0.271. The largest absolute Gasteiger partial charge is 0.496 e. The second kappa shape index (κ2) is 20.1. The van der Waals surface area contributed by atoms with E-state index in [2.05, 4.69) is 31.7 Å². The Hall–Kier alpha value is -5.83. The van der Waals surface area contributed by atoms with Crippen LogP contribution in [0, 0.1) is 6.92 Å². The van der Waals surface area contributed by atoms with Crippen LogP contribution >= 0.6 is 34.5 Å². The number of halogens is 2. The van der Waals surface area contributed by atoms with E-state index in [0.717, 1.165) is 72.0 Å². The molecule has 1 N–H and O–H groups in total. The van der Waals surface area contributed by atoms with Crippen molar-refractivity contribution >= 4 is 50.7 Å². The van der Waals surface area contributed by atoms with Gasteiger partial charge in [-0.15, -0.1) is 11.3 Å². The van der Waals surface area contributed by atoms with Crippen LogP contribution in [0.5, 0.6) is 23.1 Å². The Morgan fingerprint density at radius 1 is 0.841 bits per heavy atom. The van der Waals surface area contributed by atoms with E-state index in [1.165, 1.54) is 17.7 Å². The van der Waals surface area contributed by atoms with Crippen LogP contribution in [0.4, 0.5) is 0 Å². The minimum Gasteiger partial charge on any atom is -0.496 e. The average Bonchev–Trinajstić information content (AvgIpc) is 3.70. The molecular formula is C48H46Cl2N6O6S. The third-order valence-electron chi connectivity index (χ3n) is 11.1. The second-order valence-corrected chi connectivity index (χ2v) is 16.8. The lowest BCUT2D eigenvalue weighted by molar-refractivity contribution is -0.145. The molecule has 1 unspecified atom stereocenters. The van der Waals surface area contributed by atoms with E-state index in [4.69, 9.17) is 47.1 Å². The van der Waals surface area contributed by atoms with Crippen LogP contribution in [0.1, 0.15) is 23.7 Å². The molecular weight excluding hydrogens is 860 g/mol. The van der Waals surface area contributed by atoms with Crippen molar-refractivity contribution in [3.8, 4) is 56.1 Å². The number of aromatic nitrogens is 4. The van der Waals surface area contributed by atoms with Crippen molar-refractivity contribution in [1.29, 1.82) is 0 Å². The molecule has 63 heavy (non-hydrogen) atoms. The molecule has 1 aliphatic heterocycles. The molecule has 1 aliphatic rings. The van der Waals surface area contributed by atoms with Crippen molar-refractivity contribution in [3.63, 3.8) is 0 Å². The van der Waals surface area contributed by atoms with Crippen LogP contribution in [0.15, 0.2) is 104 Å². The number of carboxylic acid groups (broad SMARTS) is 1. The second-order valence-electron chi connectivity index (χ2n) is 15.0. The molecule has 15 heteroatoms. The number of nitrogens with zero attached hydrogens (tertiary/aromatic N) is 6. The first kappa shape index (κ1) is 43.8. The maximum Gasteiger partial charge on any atom is 0.345 e.